The normalized spacial score (nSPS) is 11.9. The Morgan fingerprint density at radius 1 is 1.23 bits per heavy atom. The minimum absolute atomic E-state index is 0. The Morgan fingerprint density at radius 2 is 1.97 bits per heavy atom. The number of hydrogen-bond acceptors (Lipinski definition) is 5. The van der Waals surface area contributed by atoms with Crippen LogP contribution in [-0.2, 0) is 19.3 Å². The van der Waals surface area contributed by atoms with Gasteiger partial charge in [-0.3, -0.25) is 0 Å². The number of likely N-dealkylation sites (N-methyl/N-ethyl adjacent to an activating group) is 1. The van der Waals surface area contributed by atoms with Gasteiger partial charge in [0.2, 0.25) is 0 Å². The first-order valence-corrected chi connectivity index (χ1v) is 10.1. The maximum atomic E-state index is 12.7. The number of nitrogens with one attached hydrogen (secondary N) is 2. The Balaban J connectivity index is 0.00000450. The lowest BCUT2D eigenvalue weighted by Crippen LogP contribution is -2.36. The zero-order chi connectivity index (χ0) is 21.3. The molecule has 0 atom stereocenters. The van der Waals surface area contributed by atoms with Crippen LogP contribution in [0, 0.1) is 0 Å². The van der Waals surface area contributed by atoms with Crippen LogP contribution in [0.15, 0.2) is 34.6 Å². The Labute approximate surface area is 196 Å². The molecule has 0 saturated carbocycles. The summed E-state index contributed by atoms with van der Waals surface area (Å²) < 4.78 is 43.9. The van der Waals surface area contributed by atoms with E-state index in [1.807, 2.05) is 50.2 Å². The van der Waals surface area contributed by atoms with Crippen molar-refractivity contribution >= 4 is 41.3 Å². The average Bonchev–Trinajstić information content (AvgIpc) is 3.14. The summed E-state index contributed by atoms with van der Waals surface area (Å²) in [6, 6.07) is 7.66. The van der Waals surface area contributed by atoms with Crippen molar-refractivity contribution < 1.29 is 17.9 Å². The van der Waals surface area contributed by atoms with Crippen LogP contribution in [0.5, 0.6) is 5.75 Å². The van der Waals surface area contributed by atoms with Gasteiger partial charge in [-0.1, -0.05) is 18.2 Å². The molecule has 0 spiro atoms. The first-order valence-electron chi connectivity index (χ1n) is 9.18. The first kappa shape index (κ1) is 26.4. The van der Waals surface area contributed by atoms with Crippen molar-refractivity contribution in [1.82, 2.24) is 20.5 Å². The summed E-state index contributed by atoms with van der Waals surface area (Å²) in [7, 11) is 3.96. The van der Waals surface area contributed by atoms with Crippen LogP contribution in [0.4, 0.5) is 13.2 Å². The SMILES string of the molecule is CCNC(=NCc1ccccc1OCCN(C)C)NCc1nc(C(F)(F)F)cs1.I. The van der Waals surface area contributed by atoms with Gasteiger partial charge in [0.05, 0.1) is 13.1 Å². The largest absolute Gasteiger partial charge is 0.492 e. The number of nitrogens with zero attached hydrogens (tertiary/aromatic N) is 3. The molecule has 0 bridgehead atoms. The number of guanidine groups is 1. The van der Waals surface area contributed by atoms with Gasteiger partial charge in [0.25, 0.3) is 0 Å². The van der Waals surface area contributed by atoms with E-state index in [0.717, 1.165) is 34.6 Å². The number of alkyl halides is 3. The fourth-order valence-electron chi connectivity index (χ4n) is 2.30. The van der Waals surface area contributed by atoms with Gasteiger partial charge in [-0.25, -0.2) is 9.98 Å². The van der Waals surface area contributed by atoms with Crippen LogP contribution in [0.1, 0.15) is 23.2 Å². The molecule has 11 heteroatoms. The molecule has 2 N–H and O–H groups in total. The lowest BCUT2D eigenvalue weighted by atomic mass is 10.2. The van der Waals surface area contributed by atoms with Crippen molar-refractivity contribution in [3.05, 3.63) is 45.9 Å². The number of halogens is 4. The Kier molecular flexibility index (Phi) is 11.4. The Hall–Kier alpha value is -1.60. The number of rotatable bonds is 9. The minimum Gasteiger partial charge on any atom is -0.492 e. The van der Waals surface area contributed by atoms with Crippen LogP contribution in [-0.4, -0.2) is 49.6 Å². The number of benzene rings is 1. The van der Waals surface area contributed by atoms with E-state index in [9.17, 15) is 13.2 Å². The van der Waals surface area contributed by atoms with Crippen LogP contribution < -0.4 is 15.4 Å². The molecule has 0 saturated heterocycles. The summed E-state index contributed by atoms with van der Waals surface area (Å²) in [5.74, 6) is 1.27. The van der Waals surface area contributed by atoms with E-state index in [-0.39, 0.29) is 30.5 Å². The van der Waals surface area contributed by atoms with Crippen molar-refractivity contribution in [1.29, 1.82) is 0 Å². The third kappa shape index (κ3) is 9.04. The van der Waals surface area contributed by atoms with Gasteiger partial charge in [0.1, 0.15) is 17.4 Å². The molecule has 0 unspecified atom stereocenters. The Bertz CT molecular complexity index is 798. The molecule has 0 aliphatic rings. The number of thiazole rings is 1. The Morgan fingerprint density at radius 3 is 2.60 bits per heavy atom. The second-order valence-electron chi connectivity index (χ2n) is 6.43. The molecule has 30 heavy (non-hydrogen) atoms. The molecular formula is C19H27F3IN5OS. The molecule has 168 valence electrons. The lowest BCUT2D eigenvalue weighted by molar-refractivity contribution is -0.140. The highest BCUT2D eigenvalue weighted by Gasteiger charge is 2.33. The molecule has 0 aliphatic heterocycles. The van der Waals surface area contributed by atoms with Crippen molar-refractivity contribution in [3.63, 3.8) is 0 Å². The maximum Gasteiger partial charge on any atom is 0.434 e. The number of ether oxygens (including phenoxy) is 1. The zero-order valence-corrected chi connectivity index (χ0v) is 20.3. The van der Waals surface area contributed by atoms with Gasteiger partial charge in [0.15, 0.2) is 11.7 Å². The van der Waals surface area contributed by atoms with E-state index in [4.69, 9.17) is 4.74 Å². The number of aromatic nitrogens is 1. The molecule has 1 aromatic heterocycles. The molecule has 2 rings (SSSR count). The zero-order valence-electron chi connectivity index (χ0n) is 17.1. The summed E-state index contributed by atoms with van der Waals surface area (Å²) in [6.45, 7) is 4.44. The van der Waals surface area contributed by atoms with E-state index in [2.05, 4.69) is 20.6 Å². The fourth-order valence-corrected chi connectivity index (χ4v) is 3.04. The summed E-state index contributed by atoms with van der Waals surface area (Å²) >= 11 is 0.964. The number of para-hydroxylation sites is 1. The lowest BCUT2D eigenvalue weighted by Gasteiger charge is -2.14. The van der Waals surface area contributed by atoms with Crippen LogP contribution in [0.25, 0.3) is 0 Å². The van der Waals surface area contributed by atoms with Crippen molar-refractivity contribution in [2.45, 2.75) is 26.2 Å². The fraction of sp³-hybridized carbons (Fsp3) is 0.474. The van der Waals surface area contributed by atoms with Gasteiger partial charge >= 0.3 is 6.18 Å². The second-order valence-corrected chi connectivity index (χ2v) is 7.38. The van der Waals surface area contributed by atoms with Crippen LogP contribution >= 0.6 is 35.3 Å². The monoisotopic (exact) mass is 557 g/mol. The average molecular weight is 557 g/mol. The molecule has 0 radical (unpaired) electrons. The van der Waals surface area contributed by atoms with Crippen LogP contribution in [0.3, 0.4) is 0 Å². The van der Waals surface area contributed by atoms with Gasteiger partial charge in [-0.15, -0.1) is 35.3 Å². The summed E-state index contributed by atoms with van der Waals surface area (Å²) in [5.41, 5.74) is 0.0575. The minimum atomic E-state index is -4.43. The summed E-state index contributed by atoms with van der Waals surface area (Å²) in [6.07, 6.45) is -4.43. The molecule has 0 aliphatic carbocycles. The van der Waals surface area contributed by atoms with E-state index in [1.165, 1.54) is 0 Å². The van der Waals surface area contributed by atoms with Crippen molar-refractivity contribution in [3.8, 4) is 5.75 Å². The van der Waals surface area contributed by atoms with Gasteiger partial charge in [-0.2, -0.15) is 13.2 Å². The molecule has 1 heterocycles. The van der Waals surface area contributed by atoms with Crippen molar-refractivity contribution in [2.75, 3.05) is 33.8 Å². The van der Waals surface area contributed by atoms with E-state index in [1.54, 1.807) is 0 Å². The first-order chi connectivity index (χ1) is 13.8. The summed E-state index contributed by atoms with van der Waals surface area (Å²) in [5, 5.41) is 7.46. The standard InChI is InChI=1S/C19H26F3N5OS.HI/c1-4-23-18(25-12-17-26-16(13-29-17)19(20,21)22)24-11-14-7-5-6-8-15(14)28-10-9-27(2)3;/h5-8,13H,4,9-12H2,1-3H3,(H2,23,24,25);1H. The predicted molar refractivity (Wildman–Crippen MR) is 125 cm³/mol. The van der Waals surface area contributed by atoms with E-state index in [0.29, 0.717) is 30.7 Å². The second kappa shape index (κ2) is 13.0. The van der Waals surface area contributed by atoms with Gasteiger partial charge < -0.3 is 20.3 Å². The predicted octanol–water partition coefficient (Wildman–Crippen LogP) is 3.98. The van der Waals surface area contributed by atoms with Gasteiger partial charge in [0, 0.05) is 24.0 Å². The van der Waals surface area contributed by atoms with E-state index < -0.39 is 11.9 Å². The molecule has 1 aromatic carbocycles. The highest BCUT2D eigenvalue weighted by Crippen LogP contribution is 2.29. The van der Waals surface area contributed by atoms with E-state index >= 15 is 0 Å². The topological polar surface area (TPSA) is 61.8 Å². The molecule has 0 amide bonds. The third-order valence-corrected chi connectivity index (χ3v) is 4.62. The molecule has 2 aromatic rings. The summed E-state index contributed by atoms with van der Waals surface area (Å²) in [4.78, 5) is 10.2. The highest BCUT2D eigenvalue weighted by molar-refractivity contribution is 14.0. The van der Waals surface area contributed by atoms with Crippen LogP contribution in [0.2, 0.25) is 0 Å². The third-order valence-electron chi connectivity index (χ3n) is 3.77. The smallest absolute Gasteiger partial charge is 0.434 e. The van der Waals surface area contributed by atoms with Gasteiger partial charge in [-0.05, 0) is 27.1 Å². The molecular weight excluding hydrogens is 530 g/mol. The van der Waals surface area contributed by atoms with Crippen molar-refractivity contribution in [2.24, 2.45) is 4.99 Å². The maximum absolute atomic E-state index is 12.7. The quantitative estimate of drug-likeness (QED) is 0.278. The molecule has 0 fully saturated rings. The molecule has 6 nitrogen and oxygen atoms in total. The number of aliphatic imine (C=N–C) groups is 1. The number of hydrogen-bond donors (Lipinski definition) is 2. The highest BCUT2D eigenvalue weighted by atomic mass is 127.